The number of hydrogen-bond donors (Lipinski definition) is 2. The summed E-state index contributed by atoms with van der Waals surface area (Å²) in [5.41, 5.74) is 1.52. The first-order valence-corrected chi connectivity index (χ1v) is 11.4. The molecule has 3 aromatic carbocycles. The van der Waals surface area contributed by atoms with Crippen molar-refractivity contribution in [1.29, 1.82) is 0 Å². The molecule has 2 N–H and O–H groups in total. The Hall–Kier alpha value is -4.49. The average Bonchev–Trinajstić information content (AvgIpc) is 3.39. The zero-order valence-electron chi connectivity index (χ0n) is 19.6. The Morgan fingerprint density at radius 3 is 2.39 bits per heavy atom. The van der Waals surface area contributed by atoms with E-state index >= 15 is 0 Å². The second kappa shape index (κ2) is 11.3. The number of nitrogens with one attached hydrogen (secondary N) is 2. The van der Waals surface area contributed by atoms with Gasteiger partial charge in [-0.3, -0.25) is 9.59 Å². The molecule has 1 heterocycles. The number of carbonyl (C=O) groups is 2. The van der Waals surface area contributed by atoms with Crippen LogP contribution in [-0.4, -0.2) is 18.9 Å². The lowest BCUT2D eigenvalue weighted by Crippen LogP contribution is -2.31. The van der Waals surface area contributed by atoms with E-state index in [1.165, 1.54) is 12.3 Å². The Kier molecular flexibility index (Phi) is 7.72. The molecule has 0 unspecified atom stereocenters. The predicted octanol–water partition coefficient (Wildman–Crippen LogP) is 6.45. The highest BCUT2D eigenvalue weighted by molar-refractivity contribution is 6.31. The van der Waals surface area contributed by atoms with Crippen LogP contribution in [0.4, 0.5) is 5.69 Å². The van der Waals surface area contributed by atoms with E-state index in [1.54, 1.807) is 73.8 Å². The van der Waals surface area contributed by atoms with Crippen molar-refractivity contribution in [3.05, 3.63) is 113 Å². The van der Waals surface area contributed by atoms with Crippen molar-refractivity contribution in [1.82, 2.24) is 5.32 Å². The standard InChI is InChI=1S/C28H23ClN2O5/c1-18-6-3-4-8-23(18)27(32)31-25(17-22-7-5-15-35-22)28(33)30-24-16-19(29)9-14-26(24)36-21-12-10-20(34-2)11-13-21/h3-17H,1-2H3,(H,30,33)(H,31,32)/b25-17-. The molecule has 0 radical (unpaired) electrons. The molecule has 7 nitrogen and oxygen atoms in total. The van der Waals surface area contributed by atoms with Crippen LogP contribution in [-0.2, 0) is 4.79 Å². The van der Waals surface area contributed by atoms with Crippen LogP contribution < -0.4 is 20.1 Å². The number of halogens is 1. The highest BCUT2D eigenvalue weighted by atomic mass is 35.5. The first-order chi connectivity index (χ1) is 17.4. The van der Waals surface area contributed by atoms with Crippen LogP contribution in [0.3, 0.4) is 0 Å². The van der Waals surface area contributed by atoms with E-state index in [0.29, 0.717) is 39.3 Å². The normalized spacial score (nSPS) is 11.0. The summed E-state index contributed by atoms with van der Waals surface area (Å²) in [4.78, 5) is 26.3. The zero-order chi connectivity index (χ0) is 25.5. The van der Waals surface area contributed by atoms with Gasteiger partial charge in [-0.15, -0.1) is 0 Å². The lowest BCUT2D eigenvalue weighted by molar-refractivity contribution is -0.113. The number of rotatable bonds is 8. The molecular weight excluding hydrogens is 480 g/mol. The lowest BCUT2D eigenvalue weighted by atomic mass is 10.1. The molecule has 0 atom stereocenters. The number of benzene rings is 3. The van der Waals surface area contributed by atoms with Gasteiger partial charge in [-0.2, -0.15) is 0 Å². The summed E-state index contributed by atoms with van der Waals surface area (Å²) in [5.74, 6) is 0.959. The minimum Gasteiger partial charge on any atom is -0.497 e. The quantitative estimate of drug-likeness (QED) is 0.270. The Bertz CT molecular complexity index is 1400. The van der Waals surface area contributed by atoms with Crippen molar-refractivity contribution in [3.63, 3.8) is 0 Å². The largest absolute Gasteiger partial charge is 0.497 e. The van der Waals surface area contributed by atoms with Gasteiger partial charge in [0.25, 0.3) is 11.8 Å². The molecule has 4 rings (SSSR count). The Morgan fingerprint density at radius 2 is 1.69 bits per heavy atom. The van der Waals surface area contributed by atoms with E-state index in [2.05, 4.69) is 10.6 Å². The number of anilines is 1. The molecule has 36 heavy (non-hydrogen) atoms. The molecule has 0 aliphatic carbocycles. The van der Waals surface area contributed by atoms with E-state index in [-0.39, 0.29) is 5.70 Å². The number of carbonyl (C=O) groups excluding carboxylic acids is 2. The van der Waals surface area contributed by atoms with Gasteiger partial charge in [-0.05, 0) is 73.2 Å². The Morgan fingerprint density at radius 1 is 0.944 bits per heavy atom. The molecule has 0 saturated heterocycles. The van der Waals surface area contributed by atoms with Crippen molar-refractivity contribution < 1.29 is 23.5 Å². The van der Waals surface area contributed by atoms with Gasteiger partial charge in [-0.1, -0.05) is 29.8 Å². The van der Waals surface area contributed by atoms with Crippen LogP contribution in [0.15, 0.2) is 95.2 Å². The van der Waals surface area contributed by atoms with Crippen LogP contribution in [0.5, 0.6) is 17.2 Å². The van der Waals surface area contributed by atoms with Crippen molar-refractivity contribution in [2.75, 3.05) is 12.4 Å². The fraction of sp³-hybridized carbons (Fsp3) is 0.0714. The molecule has 4 aromatic rings. The van der Waals surface area contributed by atoms with Gasteiger partial charge in [0.05, 0.1) is 19.1 Å². The van der Waals surface area contributed by atoms with Crippen LogP contribution in [0.1, 0.15) is 21.7 Å². The number of hydrogen-bond acceptors (Lipinski definition) is 5. The summed E-state index contributed by atoms with van der Waals surface area (Å²) >= 11 is 6.20. The van der Waals surface area contributed by atoms with Crippen molar-refractivity contribution in [3.8, 4) is 17.2 Å². The third kappa shape index (κ3) is 6.14. The van der Waals surface area contributed by atoms with Gasteiger partial charge in [0.1, 0.15) is 23.0 Å². The maximum Gasteiger partial charge on any atom is 0.272 e. The summed E-state index contributed by atoms with van der Waals surface area (Å²) < 4.78 is 16.5. The van der Waals surface area contributed by atoms with E-state index < -0.39 is 11.8 Å². The van der Waals surface area contributed by atoms with Crippen molar-refractivity contribution >= 4 is 35.2 Å². The first-order valence-electron chi connectivity index (χ1n) is 11.0. The molecule has 1 aromatic heterocycles. The Balaban J connectivity index is 1.61. The van der Waals surface area contributed by atoms with Gasteiger partial charge < -0.3 is 24.5 Å². The van der Waals surface area contributed by atoms with E-state index in [1.807, 2.05) is 19.1 Å². The maximum absolute atomic E-state index is 13.3. The van der Waals surface area contributed by atoms with Gasteiger partial charge >= 0.3 is 0 Å². The number of ether oxygens (including phenoxy) is 2. The van der Waals surface area contributed by atoms with Crippen LogP contribution >= 0.6 is 11.6 Å². The van der Waals surface area contributed by atoms with Crippen LogP contribution in [0, 0.1) is 6.92 Å². The zero-order valence-corrected chi connectivity index (χ0v) is 20.3. The lowest BCUT2D eigenvalue weighted by Gasteiger charge is -2.15. The van der Waals surface area contributed by atoms with Gasteiger partial charge in [-0.25, -0.2) is 0 Å². The second-order valence-electron chi connectivity index (χ2n) is 7.71. The summed E-state index contributed by atoms with van der Waals surface area (Å²) in [6, 6.07) is 22.3. The molecule has 0 aliphatic heterocycles. The molecule has 0 bridgehead atoms. The highest BCUT2D eigenvalue weighted by Crippen LogP contribution is 2.33. The smallest absolute Gasteiger partial charge is 0.272 e. The molecular formula is C28H23ClN2O5. The van der Waals surface area contributed by atoms with E-state index in [4.69, 9.17) is 25.5 Å². The summed E-state index contributed by atoms with van der Waals surface area (Å²) in [7, 11) is 1.58. The summed E-state index contributed by atoms with van der Waals surface area (Å²) in [5, 5.41) is 5.87. The van der Waals surface area contributed by atoms with Gasteiger partial charge in [0, 0.05) is 16.7 Å². The van der Waals surface area contributed by atoms with E-state index in [0.717, 1.165) is 5.56 Å². The molecule has 0 spiro atoms. The number of aryl methyl sites for hydroxylation is 1. The maximum atomic E-state index is 13.3. The number of methoxy groups -OCH3 is 1. The van der Waals surface area contributed by atoms with Crippen molar-refractivity contribution in [2.45, 2.75) is 6.92 Å². The predicted molar refractivity (Wildman–Crippen MR) is 138 cm³/mol. The Labute approximate surface area is 213 Å². The number of furan rings is 1. The monoisotopic (exact) mass is 502 g/mol. The minimum atomic E-state index is -0.588. The molecule has 2 amide bonds. The van der Waals surface area contributed by atoms with Crippen LogP contribution in [0.25, 0.3) is 6.08 Å². The molecule has 0 saturated carbocycles. The topological polar surface area (TPSA) is 89.8 Å². The van der Waals surface area contributed by atoms with Crippen LogP contribution in [0.2, 0.25) is 5.02 Å². The second-order valence-corrected chi connectivity index (χ2v) is 8.15. The number of amides is 2. The summed E-state index contributed by atoms with van der Waals surface area (Å²) in [6.07, 6.45) is 2.92. The molecule has 182 valence electrons. The third-order valence-corrected chi connectivity index (χ3v) is 5.42. The average molecular weight is 503 g/mol. The van der Waals surface area contributed by atoms with Gasteiger partial charge in [0.15, 0.2) is 5.75 Å². The third-order valence-electron chi connectivity index (χ3n) is 5.19. The van der Waals surface area contributed by atoms with Gasteiger partial charge in [0.2, 0.25) is 0 Å². The minimum absolute atomic E-state index is 0.0198. The summed E-state index contributed by atoms with van der Waals surface area (Å²) in [6.45, 7) is 1.82. The molecule has 8 heteroatoms. The SMILES string of the molecule is COc1ccc(Oc2ccc(Cl)cc2NC(=O)/C(=C/c2ccco2)NC(=O)c2ccccc2C)cc1. The molecule has 0 fully saturated rings. The first kappa shape index (κ1) is 24.6. The van der Waals surface area contributed by atoms with Crippen molar-refractivity contribution in [2.24, 2.45) is 0 Å². The fourth-order valence-electron chi connectivity index (χ4n) is 3.34. The molecule has 0 aliphatic rings. The fourth-order valence-corrected chi connectivity index (χ4v) is 3.51. The van der Waals surface area contributed by atoms with E-state index in [9.17, 15) is 9.59 Å². The highest BCUT2D eigenvalue weighted by Gasteiger charge is 2.19.